The van der Waals surface area contributed by atoms with Crippen LogP contribution in [-0.2, 0) is 6.54 Å². The average Bonchev–Trinajstić information content (AvgIpc) is 2.89. The van der Waals surface area contributed by atoms with Gasteiger partial charge in [-0.1, -0.05) is 26.0 Å². The van der Waals surface area contributed by atoms with E-state index in [2.05, 4.69) is 24.3 Å². The predicted octanol–water partition coefficient (Wildman–Crippen LogP) is 1.72. The zero-order valence-corrected chi connectivity index (χ0v) is 11.8. The van der Waals surface area contributed by atoms with Crippen LogP contribution in [0.15, 0.2) is 36.7 Å². The first kappa shape index (κ1) is 14.3. The number of nitrogens with zero attached hydrogens (tertiary/aromatic N) is 2. The third-order valence-corrected chi connectivity index (χ3v) is 2.95. The molecule has 1 aromatic carbocycles. The van der Waals surface area contributed by atoms with Gasteiger partial charge in [0.05, 0.1) is 17.4 Å². The van der Waals surface area contributed by atoms with Gasteiger partial charge in [-0.2, -0.15) is 5.10 Å². The minimum atomic E-state index is -0.467. The summed E-state index contributed by atoms with van der Waals surface area (Å²) in [6, 6.07) is 8.05. The summed E-state index contributed by atoms with van der Waals surface area (Å²) in [6.45, 7) is 6.22. The molecule has 0 spiro atoms. The van der Waals surface area contributed by atoms with E-state index in [1.165, 1.54) is 11.8 Å². The summed E-state index contributed by atoms with van der Waals surface area (Å²) < 4.78 is 1.64. The number of amides is 1. The van der Waals surface area contributed by atoms with Gasteiger partial charge in [0.25, 0.3) is 5.91 Å². The molecule has 2 aromatic rings. The number of hydrogen-bond donors (Lipinski definition) is 2. The topological polar surface area (TPSA) is 72.9 Å². The number of hydrogen-bond acceptors (Lipinski definition) is 3. The van der Waals surface area contributed by atoms with Crippen LogP contribution in [0.4, 0.5) is 0 Å². The Bertz CT molecular complexity index is 572. The van der Waals surface area contributed by atoms with E-state index in [-0.39, 0.29) is 0 Å². The number of nitrogens with one attached hydrogen (secondary N) is 1. The van der Waals surface area contributed by atoms with Crippen LogP contribution in [0.2, 0.25) is 0 Å². The maximum Gasteiger partial charge on any atom is 0.251 e. The SMILES string of the molecule is CC(C)CNCc1ccc(-n2cc(C(N)=O)cn2)cc1. The van der Waals surface area contributed by atoms with Gasteiger partial charge >= 0.3 is 0 Å². The molecule has 0 fully saturated rings. The van der Waals surface area contributed by atoms with E-state index in [0.29, 0.717) is 11.5 Å². The molecule has 0 unspecified atom stereocenters. The standard InChI is InChI=1S/C15H20N4O/c1-11(2)7-17-8-12-3-5-14(6-4-12)19-10-13(9-18-19)15(16)20/h3-6,9-11,17H,7-8H2,1-2H3,(H2,16,20). The summed E-state index contributed by atoms with van der Waals surface area (Å²) in [6.07, 6.45) is 3.11. The Kier molecular flexibility index (Phi) is 4.53. The number of aromatic nitrogens is 2. The number of carbonyl (C=O) groups is 1. The monoisotopic (exact) mass is 272 g/mol. The molecule has 1 aromatic heterocycles. The molecule has 106 valence electrons. The molecular weight excluding hydrogens is 252 g/mol. The summed E-state index contributed by atoms with van der Waals surface area (Å²) >= 11 is 0. The van der Waals surface area contributed by atoms with Crippen LogP contribution in [0.25, 0.3) is 5.69 Å². The molecule has 0 bridgehead atoms. The fraction of sp³-hybridized carbons (Fsp3) is 0.333. The van der Waals surface area contributed by atoms with Crippen molar-refractivity contribution in [1.82, 2.24) is 15.1 Å². The molecule has 0 aliphatic rings. The molecule has 0 saturated heterocycles. The van der Waals surface area contributed by atoms with Crippen molar-refractivity contribution in [1.29, 1.82) is 0 Å². The highest BCUT2D eigenvalue weighted by Gasteiger charge is 2.05. The lowest BCUT2D eigenvalue weighted by Crippen LogP contribution is -2.18. The van der Waals surface area contributed by atoms with Crippen LogP contribution in [0, 0.1) is 5.92 Å². The van der Waals surface area contributed by atoms with E-state index < -0.39 is 5.91 Å². The maximum atomic E-state index is 11.0. The second-order valence-electron chi connectivity index (χ2n) is 5.23. The molecule has 1 heterocycles. The fourth-order valence-corrected chi connectivity index (χ4v) is 1.86. The predicted molar refractivity (Wildman–Crippen MR) is 78.6 cm³/mol. The molecule has 1 amide bonds. The van der Waals surface area contributed by atoms with Gasteiger partial charge in [-0.15, -0.1) is 0 Å². The zero-order chi connectivity index (χ0) is 14.5. The summed E-state index contributed by atoms with van der Waals surface area (Å²) in [7, 11) is 0. The van der Waals surface area contributed by atoms with Crippen LogP contribution in [0.1, 0.15) is 29.8 Å². The van der Waals surface area contributed by atoms with Crippen molar-refractivity contribution in [2.45, 2.75) is 20.4 Å². The zero-order valence-electron chi connectivity index (χ0n) is 11.8. The minimum Gasteiger partial charge on any atom is -0.366 e. The average molecular weight is 272 g/mol. The van der Waals surface area contributed by atoms with Crippen molar-refractivity contribution in [3.63, 3.8) is 0 Å². The van der Waals surface area contributed by atoms with Gasteiger partial charge in [0, 0.05) is 12.7 Å². The van der Waals surface area contributed by atoms with Crippen LogP contribution >= 0.6 is 0 Å². The number of primary amides is 1. The Hall–Kier alpha value is -2.14. The molecule has 2 rings (SSSR count). The first-order valence-electron chi connectivity index (χ1n) is 6.71. The van der Waals surface area contributed by atoms with E-state index >= 15 is 0 Å². The molecule has 0 saturated carbocycles. The van der Waals surface area contributed by atoms with Crippen molar-refractivity contribution >= 4 is 5.91 Å². The third-order valence-electron chi connectivity index (χ3n) is 2.95. The normalized spacial score (nSPS) is 10.9. The maximum absolute atomic E-state index is 11.0. The van der Waals surface area contributed by atoms with Gasteiger partial charge in [-0.25, -0.2) is 4.68 Å². The fourth-order valence-electron chi connectivity index (χ4n) is 1.86. The van der Waals surface area contributed by atoms with Gasteiger partial charge < -0.3 is 11.1 Å². The lowest BCUT2D eigenvalue weighted by molar-refractivity contribution is 0.100. The number of carbonyl (C=O) groups excluding carboxylic acids is 1. The lowest BCUT2D eigenvalue weighted by Gasteiger charge is -2.08. The molecular formula is C15H20N4O. The van der Waals surface area contributed by atoms with Gasteiger partial charge in [0.15, 0.2) is 0 Å². The quantitative estimate of drug-likeness (QED) is 0.841. The van der Waals surface area contributed by atoms with Crippen molar-refractivity contribution < 1.29 is 4.79 Å². The molecule has 5 heteroatoms. The van der Waals surface area contributed by atoms with E-state index in [0.717, 1.165) is 18.8 Å². The van der Waals surface area contributed by atoms with Crippen LogP contribution in [0.3, 0.4) is 0 Å². The lowest BCUT2D eigenvalue weighted by atomic mass is 10.2. The summed E-state index contributed by atoms with van der Waals surface area (Å²) in [5.41, 5.74) is 7.74. The van der Waals surface area contributed by atoms with Crippen LogP contribution in [-0.4, -0.2) is 22.2 Å². The summed E-state index contributed by atoms with van der Waals surface area (Å²) in [5.74, 6) is 0.177. The van der Waals surface area contributed by atoms with E-state index in [1.807, 2.05) is 24.3 Å². The highest BCUT2D eigenvalue weighted by atomic mass is 16.1. The number of nitrogens with two attached hydrogens (primary N) is 1. The Balaban J connectivity index is 2.01. The van der Waals surface area contributed by atoms with E-state index in [9.17, 15) is 4.79 Å². The molecule has 0 aliphatic heterocycles. The van der Waals surface area contributed by atoms with Crippen molar-refractivity contribution in [3.8, 4) is 5.69 Å². The molecule has 0 atom stereocenters. The van der Waals surface area contributed by atoms with Gasteiger partial charge in [0.2, 0.25) is 0 Å². The second kappa shape index (κ2) is 6.34. The van der Waals surface area contributed by atoms with Gasteiger partial charge in [-0.05, 0) is 30.2 Å². The Labute approximate surface area is 118 Å². The Morgan fingerprint density at radius 3 is 2.60 bits per heavy atom. The van der Waals surface area contributed by atoms with Gasteiger partial charge in [0.1, 0.15) is 0 Å². The van der Waals surface area contributed by atoms with Crippen LogP contribution < -0.4 is 11.1 Å². The van der Waals surface area contributed by atoms with Crippen molar-refractivity contribution in [3.05, 3.63) is 47.8 Å². The van der Waals surface area contributed by atoms with Gasteiger partial charge in [-0.3, -0.25) is 4.79 Å². The Morgan fingerprint density at radius 2 is 2.05 bits per heavy atom. The van der Waals surface area contributed by atoms with E-state index in [1.54, 1.807) is 10.9 Å². The first-order valence-corrected chi connectivity index (χ1v) is 6.71. The summed E-state index contributed by atoms with van der Waals surface area (Å²) in [5, 5.41) is 7.52. The van der Waals surface area contributed by atoms with E-state index in [4.69, 9.17) is 5.73 Å². The molecule has 20 heavy (non-hydrogen) atoms. The third kappa shape index (κ3) is 3.68. The largest absolute Gasteiger partial charge is 0.366 e. The first-order chi connectivity index (χ1) is 9.56. The minimum absolute atomic E-state index is 0.410. The van der Waals surface area contributed by atoms with Crippen molar-refractivity contribution in [2.24, 2.45) is 11.7 Å². The highest BCUT2D eigenvalue weighted by Crippen LogP contribution is 2.10. The molecule has 0 radical (unpaired) electrons. The van der Waals surface area contributed by atoms with Crippen molar-refractivity contribution in [2.75, 3.05) is 6.54 Å². The number of benzene rings is 1. The molecule has 3 N–H and O–H groups in total. The van der Waals surface area contributed by atoms with Crippen LogP contribution in [0.5, 0.6) is 0 Å². The number of rotatable bonds is 6. The highest BCUT2D eigenvalue weighted by molar-refractivity contribution is 5.92. The molecule has 0 aliphatic carbocycles. The Morgan fingerprint density at radius 1 is 1.35 bits per heavy atom. The summed E-state index contributed by atoms with van der Waals surface area (Å²) in [4.78, 5) is 11.0. The second-order valence-corrected chi connectivity index (χ2v) is 5.23. The smallest absolute Gasteiger partial charge is 0.251 e. The molecule has 5 nitrogen and oxygen atoms in total.